The lowest BCUT2D eigenvalue weighted by molar-refractivity contribution is -0.169. The molecule has 2 aliphatic rings. The second-order valence-electron chi connectivity index (χ2n) is 6.75. The van der Waals surface area contributed by atoms with E-state index < -0.39 is 11.5 Å². The standard InChI is InChI=1S/C16H29NO2/c1-4-13-7-9-16(10-8-13,14(18)19)17-11-15(5-2,6-3)12-17/h13H,4-12H2,1-3H3,(H,18,19). The molecule has 110 valence electrons. The van der Waals surface area contributed by atoms with Crippen LogP contribution in [0.25, 0.3) is 0 Å². The molecule has 0 aromatic rings. The molecule has 1 saturated carbocycles. The SMILES string of the molecule is CCC1CCC(C(=O)O)(N2CC(CC)(CC)C2)CC1. The third-order valence-electron chi connectivity index (χ3n) is 6.07. The minimum absolute atomic E-state index is 0.393. The number of rotatable bonds is 5. The van der Waals surface area contributed by atoms with Gasteiger partial charge in [-0.25, -0.2) is 0 Å². The predicted molar refractivity (Wildman–Crippen MR) is 77.2 cm³/mol. The molecule has 1 aliphatic heterocycles. The van der Waals surface area contributed by atoms with Gasteiger partial charge < -0.3 is 5.11 Å². The third-order valence-corrected chi connectivity index (χ3v) is 6.07. The van der Waals surface area contributed by atoms with E-state index in [9.17, 15) is 9.90 Å². The van der Waals surface area contributed by atoms with E-state index in [-0.39, 0.29) is 0 Å². The second kappa shape index (κ2) is 5.43. The summed E-state index contributed by atoms with van der Waals surface area (Å²) in [5.41, 5.74) is -0.149. The van der Waals surface area contributed by atoms with Gasteiger partial charge in [-0.3, -0.25) is 9.69 Å². The molecule has 2 rings (SSSR count). The summed E-state index contributed by atoms with van der Waals surface area (Å²) >= 11 is 0. The fourth-order valence-corrected chi connectivity index (χ4v) is 3.99. The van der Waals surface area contributed by atoms with Gasteiger partial charge in [-0.2, -0.15) is 0 Å². The molecular formula is C16H29NO2. The van der Waals surface area contributed by atoms with E-state index in [4.69, 9.17) is 0 Å². The van der Waals surface area contributed by atoms with Gasteiger partial charge in [0.25, 0.3) is 0 Å². The largest absolute Gasteiger partial charge is 0.480 e. The van der Waals surface area contributed by atoms with Gasteiger partial charge >= 0.3 is 5.97 Å². The molecule has 0 atom stereocenters. The third kappa shape index (κ3) is 2.42. The Bertz CT molecular complexity index is 320. The van der Waals surface area contributed by atoms with Gasteiger partial charge in [0, 0.05) is 13.1 Å². The van der Waals surface area contributed by atoms with Crippen molar-refractivity contribution in [3.63, 3.8) is 0 Å². The summed E-state index contributed by atoms with van der Waals surface area (Å²) in [6.07, 6.45) is 7.42. The molecule has 0 unspecified atom stereocenters. The van der Waals surface area contributed by atoms with Crippen molar-refractivity contribution in [1.29, 1.82) is 0 Å². The van der Waals surface area contributed by atoms with Crippen molar-refractivity contribution < 1.29 is 9.90 Å². The van der Waals surface area contributed by atoms with Gasteiger partial charge in [0.1, 0.15) is 5.54 Å². The van der Waals surface area contributed by atoms with Gasteiger partial charge in [-0.1, -0.05) is 27.2 Å². The van der Waals surface area contributed by atoms with Crippen LogP contribution in [-0.2, 0) is 4.79 Å². The summed E-state index contributed by atoms with van der Waals surface area (Å²) in [6.45, 7) is 8.68. The highest BCUT2D eigenvalue weighted by atomic mass is 16.4. The number of aliphatic carboxylic acids is 1. The van der Waals surface area contributed by atoms with E-state index in [0.717, 1.165) is 44.7 Å². The normalized spacial score (nSPS) is 34.8. The smallest absolute Gasteiger partial charge is 0.324 e. The number of nitrogens with zero attached hydrogens (tertiary/aromatic N) is 1. The quantitative estimate of drug-likeness (QED) is 0.828. The van der Waals surface area contributed by atoms with Gasteiger partial charge in [0.15, 0.2) is 0 Å². The summed E-state index contributed by atoms with van der Waals surface area (Å²) in [5.74, 6) is 0.165. The molecule has 0 radical (unpaired) electrons. The molecule has 1 N–H and O–H groups in total. The zero-order chi connectivity index (χ0) is 14.1. The van der Waals surface area contributed by atoms with Gasteiger partial charge in [0.05, 0.1) is 0 Å². The minimum atomic E-state index is -0.581. The Morgan fingerprint density at radius 1 is 1.16 bits per heavy atom. The Hall–Kier alpha value is -0.570. The van der Waals surface area contributed by atoms with Crippen LogP contribution in [0.15, 0.2) is 0 Å². The van der Waals surface area contributed by atoms with Crippen LogP contribution in [0.4, 0.5) is 0 Å². The molecule has 1 heterocycles. The molecule has 2 fully saturated rings. The van der Waals surface area contributed by atoms with Crippen LogP contribution in [0.2, 0.25) is 0 Å². The number of hydrogen-bond donors (Lipinski definition) is 1. The van der Waals surface area contributed by atoms with E-state index in [0.29, 0.717) is 5.41 Å². The van der Waals surface area contributed by atoms with Crippen LogP contribution in [0.5, 0.6) is 0 Å². The predicted octanol–water partition coefficient (Wildman–Crippen LogP) is 3.53. The van der Waals surface area contributed by atoms with Crippen LogP contribution in [0.1, 0.15) is 65.7 Å². The van der Waals surface area contributed by atoms with Crippen LogP contribution >= 0.6 is 0 Å². The summed E-state index contributed by atoms with van der Waals surface area (Å²) < 4.78 is 0. The van der Waals surface area contributed by atoms with E-state index in [1.807, 2.05) is 0 Å². The molecule has 0 spiro atoms. The molecule has 1 saturated heterocycles. The molecule has 19 heavy (non-hydrogen) atoms. The molecule has 0 bridgehead atoms. The number of carboxylic acid groups (broad SMARTS) is 1. The summed E-state index contributed by atoms with van der Waals surface area (Å²) in [6, 6.07) is 0. The van der Waals surface area contributed by atoms with Crippen molar-refractivity contribution >= 4 is 5.97 Å². The van der Waals surface area contributed by atoms with Crippen LogP contribution in [0, 0.1) is 11.3 Å². The zero-order valence-corrected chi connectivity index (χ0v) is 12.7. The molecule has 1 aliphatic carbocycles. The highest BCUT2D eigenvalue weighted by molar-refractivity contribution is 5.79. The van der Waals surface area contributed by atoms with Crippen LogP contribution < -0.4 is 0 Å². The van der Waals surface area contributed by atoms with Crippen molar-refractivity contribution in [3.05, 3.63) is 0 Å². The van der Waals surface area contributed by atoms with Gasteiger partial charge in [0.2, 0.25) is 0 Å². The summed E-state index contributed by atoms with van der Waals surface area (Å²) in [5, 5.41) is 9.76. The Morgan fingerprint density at radius 2 is 1.68 bits per heavy atom. The average molecular weight is 267 g/mol. The minimum Gasteiger partial charge on any atom is -0.480 e. The Balaban J connectivity index is 2.05. The Kier molecular flexibility index (Phi) is 4.24. The molecule has 0 aromatic heterocycles. The Morgan fingerprint density at radius 3 is 2.05 bits per heavy atom. The van der Waals surface area contributed by atoms with E-state index >= 15 is 0 Å². The fraction of sp³-hybridized carbons (Fsp3) is 0.938. The van der Waals surface area contributed by atoms with Crippen molar-refractivity contribution in [3.8, 4) is 0 Å². The molecule has 3 heteroatoms. The van der Waals surface area contributed by atoms with Crippen molar-refractivity contribution in [2.45, 2.75) is 71.3 Å². The van der Waals surface area contributed by atoms with E-state index in [2.05, 4.69) is 25.7 Å². The second-order valence-corrected chi connectivity index (χ2v) is 6.75. The number of likely N-dealkylation sites (tertiary alicyclic amines) is 1. The lowest BCUT2D eigenvalue weighted by atomic mass is 9.67. The molecule has 0 amide bonds. The van der Waals surface area contributed by atoms with Crippen molar-refractivity contribution in [2.24, 2.45) is 11.3 Å². The maximum Gasteiger partial charge on any atom is 0.324 e. The highest BCUT2D eigenvalue weighted by Crippen LogP contribution is 2.47. The first-order valence-corrected chi connectivity index (χ1v) is 8.00. The van der Waals surface area contributed by atoms with E-state index in [1.54, 1.807) is 0 Å². The maximum atomic E-state index is 11.9. The number of carbonyl (C=O) groups is 1. The number of hydrogen-bond acceptors (Lipinski definition) is 2. The van der Waals surface area contributed by atoms with Crippen molar-refractivity contribution in [1.82, 2.24) is 4.90 Å². The molecule has 0 aromatic carbocycles. The van der Waals surface area contributed by atoms with Crippen LogP contribution in [-0.4, -0.2) is 34.6 Å². The number of carboxylic acids is 1. The molecular weight excluding hydrogens is 238 g/mol. The first-order valence-electron chi connectivity index (χ1n) is 8.00. The monoisotopic (exact) mass is 267 g/mol. The topological polar surface area (TPSA) is 40.5 Å². The summed E-state index contributed by atoms with van der Waals surface area (Å²) in [4.78, 5) is 14.1. The van der Waals surface area contributed by atoms with Crippen molar-refractivity contribution in [2.75, 3.05) is 13.1 Å². The van der Waals surface area contributed by atoms with Gasteiger partial charge in [-0.15, -0.1) is 0 Å². The maximum absolute atomic E-state index is 11.9. The fourth-order valence-electron chi connectivity index (χ4n) is 3.99. The lowest BCUT2D eigenvalue weighted by Crippen LogP contribution is -2.68. The van der Waals surface area contributed by atoms with E-state index in [1.165, 1.54) is 19.3 Å². The molecule has 3 nitrogen and oxygen atoms in total. The summed E-state index contributed by atoms with van der Waals surface area (Å²) in [7, 11) is 0. The average Bonchev–Trinajstić information content (AvgIpc) is 2.39. The Labute approximate surface area is 117 Å². The van der Waals surface area contributed by atoms with Gasteiger partial charge in [-0.05, 0) is 49.9 Å². The highest BCUT2D eigenvalue weighted by Gasteiger charge is 2.54. The lowest BCUT2D eigenvalue weighted by Gasteiger charge is -2.58. The van der Waals surface area contributed by atoms with Crippen LogP contribution in [0.3, 0.4) is 0 Å². The first-order chi connectivity index (χ1) is 9.02. The first kappa shape index (κ1) is 14.8. The zero-order valence-electron chi connectivity index (χ0n) is 12.7.